The first kappa shape index (κ1) is 20.3. The Bertz CT molecular complexity index is 1010. The van der Waals surface area contributed by atoms with Crippen molar-refractivity contribution >= 4 is 22.6 Å². The number of carbonyl (C=O) groups is 2. The van der Waals surface area contributed by atoms with Gasteiger partial charge in [-0.2, -0.15) is 0 Å². The molecule has 3 aromatic rings. The average molecular weight is 394 g/mol. The van der Waals surface area contributed by atoms with Crippen LogP contribution in [0.25, 0.3) is 10.8 Å². The minimum absolute atomic E-state index is 0.124. The second-order valence-electron chi connectivity index (χ2n) is 6.66. The van der Waals surface area contributed by atoms with Crippen LogP contribution in [0.4, 0.5) is 4.39 Å². The molecular weight excluding hydrogens is 371 g/mol. The first-order valence-corrected chi connectivity index (χ1v) is 9.43. The number of nitrogens with one attached hydrogen (secondary N) is 1. The first-order chi connectivity index (χ1) is 14.0. The van der Waals surface area contributed by atoms with E-state index in [1.807, 2.05) is 36.4 Å². The van der Waals surface area contributed by atoms with Crippen molar-refractivity contribution in [2.24, 2.45) is 0 Å². The molecule has 0 saturated carbocycles. The summed E-state index contributed by atoms with van der Waals surface area (Å²) in [4.78, 5) is 26.0. The predicted molar refractivity (Wildman–Crippen MR) is 110 cm³/mol. The van der Waals surface area contributed by atoms with E-state index < -0.39 is 5.82 Å². The van der Waals surface area contributed by atoms with Gasteiger partial charge in [0.1, 0.15) is 6.61 Å². The second-order valence-corrected chi connectivity index (χ2v) is 6.66. The summed E-state index contributed by atoms with van der Waals surface area (Å²) in [6.45, 7) is 0.751. The lowest BCUT2D eigenvalue weighted by molar-refractivity contribution is -0.130. The number of nitrogens with zero attached hydrogens (tertiary/aromatic N) is 1. The van der Waals surface area contributed by atoms with Gasteiger partial charge in [-0.15, -0.1) is 0 Å². The fourth-order valence-electron chi connectivity index (χ4n) is 2.89. The molecule has 0 heterocycles. The van der Waals surface area contributed by atoms with Gasteiger partial charge in [-0.1, -0.05) is 42.5 Å². The Morgan fingerprint density at radius 3 is 2.52 bits per heavy atom. The zero-order valence-electron chi connectivity index (χ0n) is 16.2. The highest BCUT2D eigenvalue weighted by Crippen LogP contribution is 2.16. The average Bonchev–Trinajstić information content (AvgIpc) is 2.74. The lowest BCUT2D eigenvalue weighted by Crippen LogP contribution is -2.34. The van der Waals surface area contributed by atoms with E-state index in [0.29, 0.717) is 12.1 Å². The fourth-order valence-corrected chi connectivity index (χ4v) is 2.89. The lowest BCUT2D eigenvalue weighted by atomic mass is 10.1. The van der Waals surface area contributed by atoms with Gasteiger partial charge < -0.3 is 15.0 Å². The maximum absolute atomic E-state index is 13.5. The third-order valence-corrected chi connectivity index (χ3v) is 4.58. The van der Waals surface area contributed by atoms with Gasteiger partial charge in [0.15, 0.2) is 11.6 Å². The number of benzene rings is 3. The van der Waals surface area contributed by atoms with Crippen LogP contribution in [0.3, 0.4) is 0 Å². The molecule has 150 valence electrons. The molecule has 0 aliphatic carbocycles. The topological polar surface area (TPSA) is 58.6 Å². The maximum Gasteiger partial charge on any atom is 0.251 e. The van der Waals surface area contributed by atoms with Gasteiger partial charge in [0.25, 0.3) is 5.91 Å². The first-order valence-electron chi connectivity index (χ1n) is 9.43. The normalized spacial score (nSPS) is 10.6. The van der Waals surface area contributed by atoms with Gasteiger partial charge >= 0.3 is 0 Å². The van der Waals surface area contributed by atoms with Gasteiger partial charge in [-0.05, 0) is 35.0 Å². The van der Waals surface area contributed by atoms with E-state index in [9.17, 15) is 14.0 Å². The zero-order valence-corrected chi connectivity index (χ0v) is 16.2. The van der Waals surface area contributed by atoms with Crippen LogP contribution >= 0.6 is 0 Å². The van der Waals surface area contributed by atoms with Gasteiger partial charge in [0.2, 0.25) is 5.91 Å². The van der Waals surface area contributed by atoms with Crippen LogP contribution in [-0.2, 0) is 4.79 Å². The Hall–Kier alpha value is -3.41. The fraction of sp³-hybridized carbons (Fsp3) is 0.217. The Morgan fingerprint density at radius 1 is 1.00 bits per heavy atom. The van der Waals surface area contributed by atoms with Crippen molar-refractivity contribution in [1.82, 2.24) is 10.2 Å². The molecule has 0 unspecified atom stereocenters. The molecular formula is C23H23FN2O3. The summed E-state index contributed by atoms with van der Waals surface area (Å²) in [7, 11) is 1.65. The molecule has 3 aromatic carbocycles. The SMILES string of the molecule is CN(CCOc1ccccc1F)C(=O)CCNC(=O)c1ccc2ccccc2c1. The minimum atomic E-state index is -0.433. The zero-order chi connectivity index (χ0) is 20.6. The van der Waals surface area contributed by atoms with Crippen molar-refractivity contribution in [3.63, 3.8) is 0 Å². The quantitative estimate of drug-likeness (QED) is 0.635. The van der Waals surface area contributed by atoms with Gasteiger partial charge in [0.05, 0.1) is 6.54 Å². The molecule has 0 spiro atoms. The van der Waals surface area contributed by atoms with E-state index >= 15 is 0 Å². The summed E-state index contributed by atoms with van der Waals surface area (Å²) >= 11 is 0. The van der Waals surface area contributed by atoms with Gasteiger partial charge in [-0.3, -0.25) is 9.59 Å². The molecule has 6 heteroatoms. The smallest absolute Gasteiger partial charge is 0.251 e. The highest BCUT2D eigenvalue weighted by atomic mass is 19.1. The van der Waals surface area contributed by atoms with E-state index in [-0.39, 0.29) is 37.1 Å². The Morgan fingerprint density at radius 2 is 1.72 bits per heavy atom. The number of hydrogen-bond acceptors (Lipinski definition) is 3. The number of ether oxygens (including phenoxy) is 1. The van der Waals surface area contributed by atoms with E-state index in [0.717, 1.165) is 10.8 Å². The summed E-state index contributed by atoms with van der Waals surface area (Å²) in [6.07, 6.45) is 0.176. The lowest BCUT2D eigenvalue weighted by Gasteiger charge is -2.18. The molecule has 0 aliphatic heterocycles. The van der Waals surface area contributed by atoms with Crippen molar-refractivity contribution in [3.8, 4) is 5.75 Å². The van der Waals surface area contributed by atoms with Gasteiger partial charge in [-0.25, -0.2) is 4.39 Å². The van der Waals surface area contributed by atoms with Crippen molar-refractivity contribution in [3.05, 3.63) is 78.1 Å². The minimum Gasteiger partial charge on any atom is -0.489 e. The molecule has 0 aliphatic rings. The number of carbonyl (C=O) groups excluding carboxylic acids is 2. The van der Waals surface area contributed by atoms with Crippen LogP contribution < -0.4 is 10.1 Å². The standard InChI is InChI=1S/C23H23FN2O3/c1-26(14-15-29-21-9-5-4-8-20(21)24)22(27)12-13-25-23(28)19-11-10-17-6-2-3-7-18(17)16-19/h2-11,16H,12-15H2,1H3,(H,25,28). The number of halogens is 1. The van der Waals surface area contributed by atoms with Crippen LogP contribution in [0.1, 0.15) is 16.8 Å². The Labute approximate surface area is 169 Å². The molecule has 0 bridgehead atoms. The number of rotatable bonds is 8. The largest absolute Gasteiger partial charge is 0.489 e. The van der Waals surface area contributed by atoms with Crippen molar-refractivity contribution < 1.29 is 18.7 Å². The summed E-state index contributed by atoms with van der Waals surface area (Å²) in [6, 6.07) is 19.5. The summed E-state index contributed by atoms with van der Waals surface area (Å²) in [5.41, 5.74) is 0.558. The third kappa shape index (κ3) is 5.54. The second kappa shape index (κ2) is 9.68. The Balaban J connectivity index is 1.41. The third-order valence-electron chi connectivity index (χ3n) is 4.58. The van der Waals surface area contributed by atoms with Crippen LogP contribution in [0, 0.1) is 5.82 Å². The number of para-hydroxylation sites is 1. The number of hydrogen-bond donors (Lipinski definition) is 1. The van der Waals surface area contributed by atoms with E-state index in [1.165, 1.54) is 11.0 Å². The van der Waals surface area contributed by atoms with Gasteiger partial charge in [0, 0.05) is 25.6 Å². The van der Waals surface area contributed by atoms with Crippen LogP contribution in [-0.4, -0.2) is 43.5 Å². The number of amides is 2. The van der Waals surface area contributed by atoms with E-state index in [1.54, 1.807) is 31.3 Å². The van der Waals surface area contributed by atoms with Crippen molar-refractivity contribution in [1.29, 1.82) is 0 Å². The summed E-state index contributed by atoms with van der Waals surface area (Å²) < 4.78 is 18.8. The van der Waals surface area contributed by atoms with Crippen LogP contribution in [0.15, 0.2) is 66.7 Å². The molecule has 0 atom stereocenters. The van der Waals surface area contributed by atoms with Crippen LogP contribution in [0.5, 0.6) is 5.75 Å². The van der Waals surface area contributed by atoms with E-state index in [2.05, 4.69) is 5.32 Å². The Kier molecular flexibility index (Phi) is 6.79. The van der Waals surface area contributed by atoms with Crippen LogP contribution in [0.2, 0.25) is 0 Å². The highest BCUT2D eigenvalue weighted by molar-refractivity contribution is 5.98. The summed E-state index contributed by atoms with van der Waals surface area (Å²) in [5.74, 6) is -0.607. The molecule has 0 fully saturated rings. The molecule has 3 rings (SSSR count). The molecule has 5 nitrogen and oxygen atoms in total. The number of fused-ring (bicyclic) bond motifs is 1. The molecule has 2 amide bonds. The maximum atomic E-state index is 13.5. The molecule has 0 radical (unpaired) electrons. The number of likely N-dealkylation sites (N-methyl/N-ethyl adjacent to an activating group) is 1. The summed E-state index contributed by atoms with van der Waals surface area (Å²) in [5, 5.41) is 4.83. The predicted octanol–water partition coefficient (Wildman–Crippen LogP) is 3.64. The van der Waals surface area contributed by atoms with Crippen molar-refractivity contribution in [2.45, 2.75) is 6.42 Å². The van der Waals surface area contributed by atoms with E-state index in [4.69, 9.17) is 4.74 Å². The monoisotopic (exact) mass is 394 g/mol. The molecule has 0 saturated heterocycles. The molecule has 0 aromatic heterocycles. The molecule has 29 heavy (non-hydrogen) atoms. The van der Waals surface area contributed by atoms with Crippen molar-refractivity contribution in [2.75, 3.05) is 26.7 Å². The highest BCUT2D eigenvalue weighted by Gasteiger charge is 2.11. The molecule has 1 N–H and O–H groups in total.